The molecule has 116 valence electrons. The average molecular weight is 340 g/mol. The number of halogens is 2. The van der Waals surface area contributed by atoms with Crippen LogP contribution in [0.4, 0.5) is 4.39 Å². The summed E-state index contributed by atoms with van der Waals surface area (Å²) in [5, 5.41) is 5.84. The molecule has 1 aromatic heterocycles. The lowest BCUT2D eigenvalue weighted by atomic mass is 10.1. The van der Waals surface area contributed by atoms with Gasteiger partial charge in [0.05, 0.1) is 12.1 Å². The van der Waals surface area contributed by atoms with E-state index in [1.165, 1.54) is 23.5 Å². The highest BCUT2D eigenvalue weighted by Gasteiger charge is 2.14. The first-order chi connectivity index (χ1) is 10.5. The fourth-order valence-electron chi connectivity index (χ4n) is 1.85. The Kier molecular flexibility index (Phi) is 5.63. The van der Waals surface area contributed by atoms with Crippen molar-refractivity contribution in [2.24, 2.45) is 4.99 Å². The zero-order valence-corrected chi connectivity index (χ0v) is 13.7. The monoisotopic (exact) mass is 339 g/mol. The number of hydrogen-bond donors (Lipinski definition) is 1. The van der Waals surface area contributed by atoms with Crippen LogP contribution < -0.4 is 5.32 Å². The largest absolute Gasteiger partial charge is 0.359 e. The van der Waals surface area contributed by atoms with E-state index in [1.807, 2.05) is 12.3 Å². The van der Waals surface area contributed by atoms with E-state index in [2.05, 4.69) is 15.3 Å². The highest BCUT2D eigenvalue weighted by atomic mass is 35.5. The van der Waals surface area contributed by atoms with Crippen molar-refractivity contribution in [3.8, 4) is 0 Å². The number of hydrogen-bond acceptors (Lipinski definition) is 4. The molecule has 1 N–H and O–H groups in total. The van der Waals surface area contributed by atoms with E-state index in [1.54, 1.807) is 19.2 Å². The molecule has 2 rings (SSSR count). The molecule has 7 heteroatoms. The normalized spacial score (nSPS) is 14.5. The molecular formula is C15H15ClFN3OS. The quantitative estimate of drug-likeness (QED) is 0.514. The first kappa shape index (κ1) is 16.6. The third kappa shape index (κ3) is 4.11. The summed E-state index contributed by atoms with van der Waals surface area (Å²) in [6, 6.07) is 3.51. The predicted molar refractivity (Wildman–Crippen MR) is 87.1 cm³/mol. The van der Waals surface area contributed by atoms with E-state index in [0.717, 1.165) is 6.29 Å². The predicted octanol–water partition coefficient (Wildman–Crippen LogP) is 3.62. The molecule has 0 saturated heterocycles. The van der Waals surface area contributed by atoms with Crippen molar-refractivity contribution in [3.05, 3.63) is 51.2 Å². The minimum absolute atomic E-state index is 0.307. The molecule has 0 fully saturated rings. The maximum absolute atomic E-state index is 13.1. The minimum Gasteiger partial charge on any atom is -0.359 e. The van der Waals surface area contributed by atoms with Gasteiger partial charge < -0.3 is 10.1 Å². The Morgan fingerprint density at radius 1 is 1.50 bits per heavy atom. The summed E-state index contributed by atoms with van der Waals surface area (Å²) in [7, 11) is 0. The minimum atomic E-state index is -0.391. The van der Waals surface area contributed by atoms with Gasteiger partial charge in [0, 0.05) is 16.6 Å². The summed E-state index contributed by atoms with van der Waals surface area (Å²) in [6.07, 6.45) is 2.46. The van der Waals surface area contributed by atoms with Gasteiger partial charge in [-0.3, -0.25) is 4.99 Å². The molecule has 22 heavy (non-hydrogen) atoms. The molecule has 0 spiro atoms. The zero-order valence-electron chi connectivity index (χ0n) is 12.1. The summed E-state index contributed by atoms with van der Waals surface area (Å²) < 4.78 is 13.1. The molecular weight excluding hydrogens is 325 g/mol. The number of nitrogens with zero attached hydrogens (tertiary/aromatic N) is 2. The number of thiazole rings is 1. The summed E-state index contributed by atoms with van der Waals surface area (Å²) in [5.74, 6) is 0.125. The van der Waals surface area contributed by atoms with Gasteiger partial charge in [0.15, 0.2) is 10.8 Å². The Bertz CT molecular complexity index is 675. The lowest BCUT2D eigenvalue weighted by molar-refractivity contribution is -0.108. The molecule has 0 amide bonds. The van der Waals surface area contributed by atoms with Crippen LogP contribution in [0.5, 0.6) is 0 Å². The number of rotatable bonds is 5. The molecule has 2 aromatic rings. The van der Waals surface area contributed by atoms with Crippen LogP contribution in [-0.2, 0) is 4.79 Å². The highest BCUT2D eigenvalue weighted by molar-refractivity contribution is 7.11. The summed E-state index contributed by atoms with van der Waals surface area (Å²) in [4.78, 5) is 19.6. The number of nitrogens with one attached hydrogen (secondary N) is 1. The zero-order chi connectivity index (χ0) is 16.1. The van der Waals surface area contributed by atoms with Gasteiger partial charge in [-0.1, -0.05) is 17.7 Å². The number of carbonyl (C=O) groups excluding carboxylic acids is 1. The van der Waals surface area contributed by atoms with Crippen LogP contribution in [0.3, 0.4) is 0 Å². The van der Waals surface area contributed by atoms with Crippen molar-refractivity contribution >= 4 is 35.1 Å². The summed E-state index contributed by atoms with van der Waals surface area (Å²) in [5.41, 5.74) is 0.706. The van der Waals surface area contributed by atoms with Crippen molar-refractivity contribution in [2.45, 2.75) is 25.9 Å². The fraction of sp³-hybridized carbons (Fsp3) is 0.267. The topological polar surface area (TPSA) is 54.4 Å². The molecule has 0 aliphatic heterocycles. The fourth-order valence-corrected chi connectivity index (χ4v) is 2.77. The Labute approximate surface area is 137 Å². The Hall–Kier alpha value is -1.79. The lowest BCUT2D eigenvalue weighted by Gasteiger charge is -2.14. The van der Waals surface area contributed by atoms with E-state index in [-0.39, 0.29) is 6.04 Å². The first-order valence-electron chi connectivity index (χ1n) is 6.65. The first-order valence-corrected chi connectivity index (χ1v) is 7.91. The molecule has 0 radical (unpaired) electrons. The second-order valence-electron chi connectivity index (χ2n) is 4.73. The smallest absolute Gasteiger partial charge is 0.159 e. The van der Waals surface area contributed by atoms with Gasteiger partial charge in [0.25, 0.3) is 0 Å². The summed E-state index contributed by atoms with van der Waals surface area (Å²) in [6.45, 7) is 3.58. The van der Waals surface area contributed by atoms with Crippen LogP contribution in [0.15, 0.2) is 34.8 Å². The van der Waals surface area contributed by atoms with Crippen molar-refractivity contribution in [1.82, 2.24) is 10.3 Å². The van der Waals surface area contributed by atoms with Crippen molar-refractivity contribution in [3.63, 3.8) is 0 Å². The third-order valence-electron chi connectivity index (χ3n) is 2.94. The second kappa shape index (κ2) is 7.47. The SMILES string of the molecule is C[C@H](C=O)N/C(=N\[C@H](C)c1ccc(F)cc1Cl)c1nccs1. The molecule has 4 nitrogen and oxygen atoms in total. The maximum atomic E-state index is 13.1. The molecule has 1 aromatic carbocycles. The molecule has 0 aliphatic rings. The number of aldehydes is 1. The number of amidine groups is 1. The molecule has 0 bridgehead atoms. The molecule has 0 unspecified atom stereocenters. The summed E-state index contributed by atoms with van der Waals surface area (Å²) >= 11 is 7.48. The Morgan fingerprint density at radius 2 is 2.27 bits per heavy atom. The van der Waals surface area contributed by atoms with Crippen LogP contribution >= 0.6 is 22.9 Å². The molecule has 1 heterocycles. The molecule has 0 aliphatic carbocycles. The Morgan fingerprint density at radius 3 is 2.86 bits per heavy atom. The van der Waals surface area contributed by atoms with Gasteiger partial charge in [0.2, 0.25) is 0 Å². The Balaban J connectivity index is 2.33. The van der Waals surface area contributed by atoms with E-state index < -0.39 is 11.9 Å². The van der Waals surface area contributed by atoms with Crippen LogP contribution in [0, 0.1) is 5.82 Å². The van der Waals surface area contributed by atoms with Gasteiger partial charge in [-0.25, -0.2) is 9.37 Å². The van der Waals surface area contributed by atoms with E-state index in [9.17, 15) is 9.18 Å². The third-order valence-corrected chi connectivity index (χ3v) is 4.05. The number of carbonyl (C=O) groups is 1. The van der Waals surface area contributed by atoms with Gasteiger partial charge in [-0.15, -0.1) is 11.3 Å². The van der Waals surface area contributed by atoms with Crippen LogP contribution in [0.2, 0.25) is 5.02 Å². The van der Waals surface area contributed by atoms with Gasteiger partial charge in [-0.2, -0.15) is 0 Å². The van der Waals surface area contributed by atoms with Crippen molar-refractivity contribution in [1.29, 1.82) is 0 Å². The number of aliphatic imine (C=N–C) groups is 1. The molecule has 0 saturated carbocycles. The highest BCUT2D eigenvalue weighted by Crippen LogP contribution is 2.26. The van der Waals surface area contributed by atoms with Gasteiger partial charge in [0.1, 0.15) is 12.1 Å². The standard InChI is InChI=1S/C15H15ClFN3OS/c1-9(8-21)19-14(15-18-5-6-22-15)20-10(2)12-4-3-11(17)7-13(12)16/h3-10H,1-2H3,(H,19,20)/t9-,10-/m1/s1. The van der Waals surface area contributed by atoms with Crippen LogP contribution in [-0.4, -0.2) is 23.1 Å². The van der Waals surface area contributed by atoms with Crippen LogP contribution in [0.25, 0.3) is 0 Å². The van der Waals surface area contributed by atoms with Gasteiger partial charge >= 0.3 is 0 Å². The lowest BCUT2D eigenvalue weighted by Crippen LogP contribution is -2.34. The average Bonchev–Trinajstić information content (AvgIpc) is 3.00. The van der Waals surface area contributed by atoms with Gasteiger partial charge in [-0.05, 0) is 31.5 Å². The van der Waals surface area contributed by atoms with Crippen LogP contribution in [0.1, 0.15) is 30.5 Å². The number of aromatic nitrogens is 1. The maximum Gasteiger partial charge on any atom is 0.159 e. The van der Waals surface area contributed by atoms with Crippen molar-refractivity contribution < 1.29 is 9.18 Å². The molecule has 2 atom stereocenters. The van der Waals surface area contributed by atoms with E-state index >= 15 is 0 Å². The number of benzene rings is 1. The van der Waals surface area contributed by atoms with Crippen molar-refractivity contribution in [2.75, 3.05) is 0 Å². The second-order valence-corrected chi connectivity index (χ2v) is 6.03. The van der Waals surface area contributed by atoms with E-state index in [4.69, 9.17) is 11.6 Å². The van der Waals surface area contributed by atoms with E-state index in [0.29, 0.717) is 21.4 Å².